The van der Waals surface area contributed by atoms with Gasteiger partial charge in [-0.25, -0.2) is 4.79 Å². The van der Waals surface area contributed by atoms with Crippen molar-refractivity contribution in [3.8, 4) is 0 Å². The maximum Gasteiger partial charge on any atom is 0.352 e. The van der Waals surface area contributed by atoms with Gasteiger partial charge in [0.2, 0.25) is 11.8 Å². The van der Waals surface area contributed by atoms with E-state index in [1.165, 1.54) is 16.7 Å². The van der Waals surface area contributed by atoms with Gasteiger partial charge in [0.05, 0.1) is 24.7 Å². The van der Waals surface area contributed by atoms with Crippen molar-refractivity contribution in [2.24, 2.45) is 5.92 Å². The van der Waals surface area contributed by atoms with E-state index >= 15 is 0 Å². The summed E-state index contributed by atoms with van der Waals surface area (Å²) < 4.78 is -1.14. The molecule has 0 radical (unpaired) electrons. The SMILES string of the molecule is CC1C=C(C(=O)O)N2C(=O)C(SC3CNC(C(=O)N4CCCN(CC(=O)O)CC4)C3)(C(C)O)[C@H]12. The average Bonchev–Trinajstić information content (AvgIpc) is 3.27. The van der Waals surface area contributed by atoms with Gasteiger partial charge in [-0.3, -0.25) is 24.2 Å². The van der Waals surface area contributed by atoms with Crippen LogP contribution in [-0.4, -0.2) is 121 Å². The van der Waals surface area contributed by atoms with Crippen molar-refractivity contribution >= 4 is 35.5 Å². The first kappa shape index (κ1) is 25.0. The van der Waals surface area contributed by atoms with E-state index in [4.69, 9.17) is 5.11 Å². The van der Waals surface area contributed by atoms with Crippen LogP contribution in [0.4, 0.5) is 0 Å². The lowest BCUT2D eigenvalue weighted by Gasteiger charge is -2.56. The largest absolute Gasteiger partial charge is 0.480 e. The Morgan fingerprint density at radius 2 is 1.97 bits per heavy atom. The number of rotatable bonds is 7. The van der Waals surface area contributed by atoms with Gasteiger partial charge >= 0.3 is 11.9 Å². The fraction of sp³-hybridized carbons (Fsp3) is 0.727. The second kappa shape index (κ2) is 9.48. The van der Waals surface area contributed by atoms with Crippen molar-refractivity contribution in [3.63, 3.8) is 0 Å². The van der Waals surface area contributed by atoms with Crippen LogP contribution in [0, 0.1) is 5.92 Å². The predicted molar refractivity (Wildman–Crippen MR) is 123 cm³/mol. The summed E-state index contributed by atoms with van der Waals surface area (Å²) >= 11 is 1.36. The number of nitrogens with one attached hydrogen (secondary N) is 1. The number of hydrogen-bond donors (Lipinski definition) is 4. The number of fused-ring (bicyclic) bond motifs is 1. The topological polar surface area (TPSA) is 151 Å². The van der Waals surface area contributed by atoms with Gasteiger partial charge in [0.15, 0.2) is 0 Å². The molecule has 4 rings (SSSR count). The first-order valence-electron chi connectivity index (χ1n) is 11.7. The van der Waals surface area contributed by atoms with Crippen LogP contribution < -0.4 is 5.32 Å². The van der Waals surface area contributed by atoms with Crippen molar-refractivity contribution in [2.45, 2.75) is 54.9 Å². The number of carbonyl (C=O) groups is 4. The molecule has 6 atom stereocenters. The lowest BCUT2D eigenvalue weighted by molar-refractivity contribution is -0.158. The number of nitrogens with zero attached hydrogens (tertiary/aromatic N) is 3. The minimum absolute atomic E-state index is 0.0306. The summed E-state index contributed by atoms with van der Waals surface area (Å²) in [6.07, 6.45) is 1.80. The van der Waals surface area contributed by atoms with E-state index in [0.29, 0.717) is 45.6 Å². The number of aliphatic carboxylic acids is 2. The smallest absolute Gasteiger partial charge is 0.352 e. The van der Waals surface area contributed by atoms with E-state index < -0.39 is 40.8 Å². The van der Waals surface area contributed by atoms with Crippen LogP contribution in [0.25, 0.3) is 0 Å². The maximum atomic E-state index is 13.2. The Hall–Kier alpha value is -2.15. The number of carboxylic acids is 2. The molecule has 0 saturated carbocycles. The Bertz CT molecular complexity index is 912. The molecular formula is C22H32N4O7S. The van der Waals surface area contributed by atoms with E-state index in [1.807, 2.05) is 11.8 Å². The number of aliphatic hydroxyl groups is 1. The zero-order valence-corrected chi connectivity index (χ0v) is 20.2. The molecule has 4 N–H and O–H groups in total. The zero-order valence-electron chi connectivity index (χ0n) is 19.3. The summed E-state index contributed by atoms with van der Waals surface area (Å²) in [7, 11) is 0. The highest BCUT2D eigenvalue weighted by Gasteiger charge is 2.69. The van der Waals surface area contributed by atoms with Crippen LogP contribution in [0.5, 0.6) is 0 Å². The van der Waals surface area contributed by atoms with E-state index in [9.17, 15) is 29.4 Å². The number of β-lactam (4-membered cyclic amide) rings is 1. The molecule has 4 aliphatic rings. The van der Waals surface area contributed by atoms with E-state index in [2.05, 4.69) is 5.32 Å². The summed E-state index contributed by atoms with van der Waals surface area (Å²) in [5.41, 5.74) is -0.0323. The van der Waals surface area contributed by atoms with E-state index in [0.717, 1.165) is 0 Å². The van der Waals surface area contributed by atoms with Crippen molar-refractivity contribution in [2.75, 3.05) is 39.3 Å². The fourth-order valence-electron chi connectivity index (χ4n) is 5.71. The highest BCUT2D eigenvalue weighted by molar-refractivity contribution is 8.02. The minimum atomic E-state index is -1.15. The molecule has 3 fully saturated rings. The van der Waals surface area contributed by atoms with Crippen LogP contribution in [0.2, 0.25) is 0 Å². The zero-order chi connectivity index (χ0) is 24.8. The summed E-state index contributed by atoms with van der Waals surface area (Å²) in [5.74, 6) is -2.66. The molecular weight excluding hydrogens is 464 g/mol. The van der Waals surface area contributed by atoms with Gasteiger partial charge in [0, 0.05) is 38.0 Å². The second-order valence-corrected chi connectivity index (χ2v) is 11.2. The Morgan fingerprint density at radius 3 is 2.62 bits per heavy atom. The third kappa shape index (κ3) is 4.21. The molecule has 5 unspecified atom stereocenters. The molecule has 4 aliphatic heterocycles. The molecule has 0 aromatic heterocycles. The van der Waals surface area contributed by atoms with Gasteiger partial charge in [-0.05, 0) is 31.8 Å². The first-order chi connectivity index (χ1) is 16.1. The van der Waals surface area contributed by atoms with Crippen LogP contribution in [0.1, 0.15) is 26.7 Å². The van der Waals surface area contributed by atoms with Crippen molar-refractivity contribution in [1.82, 2.24) is 20.0 Å². The summed E-state index contributed by atoms with van der Waals surface area (Å²) in [4.78, 5) is 53.7. The lowest BCUT2D eigenvalue weighted by Crippen LogP contribution is -2.76. The molecule has 3 saturated heterocycles. The van der Waals surface area contributed by atoms with Gasteiger partial charge in [-0.1, -0.05) is 6.92 Å². The molecule has 2 amide bonds. The quantitative estimate of drug-likeness (QED) is 0.324. The number of hydrogen-bond acceptors (Lipinski definition) is 8. The minimum Gasteiger partial charge on any atom is -0.480 e. The highest BCUT2D eigenvalue weighted by Crippen LogP contribution is 2.55. The average molecular weight is 497 g/mol. The number of aliphatic hydroxyl groups excluding tert-OH is 1. The molecule has 0 bridgehead atoms. The van der Waals surface area contributed by atoms with Gasteiger partial charge < -0.3 is 25.5 Å². The summed E-state index contributed by atoms with van der Waals surface area (Å²) in [6, 6.07) is -0.841. The predicted octanol–water partition coefficient (Wildman–Crippen LogP) is -0.982. The van der Waals surface area contributed by atoms with Gasteiger partial charge in [-0.2, -0.15) is 0 Å². The maximum absolute atomic E-state index is 13.2. The van der Waals surface area contributed by atoms with Crippen LogP contribution in [-0.2, 0) is 19.2 Å². The monoisotopic (exact) mass is 496 g/mol. The Balaban J connectivity index is 1.39. The van der Waals surface area contributed by atoms with E-state index in [1.54, 1.807) is 17.9 Å². The molecule has 12 heteroatoms. The third-order valence-electron chi connectivity index (χ3n) is 7.30. The van der Waals surface area contributed by atoms with E-state index in [-0.39, 0.29) is 29.3 Å². The first-order valence-corrected chi connectivity index (χ1v) is 12.5. The number of carbonyl (C=O) groups excluding carboxylic acids is 2. The van der Waals surface area contributed by atoms with Gasteiger partial charge in [0.1, 0.15) is 10.4 Å². The summed E-state index contributed by atoms with van der Waals surface area (Å²) in [6.45, 7) is 6.07. The molecule has 188 valence electrons. The number of carboxylic acid groups (broad SMARTS) is 2. The Morgan fingerprint density at radius 1 is 1.24 bits per heavy atom. The number of thioether (sulfide) groups is 1. The molecule has 11 nitrogen and oxygen atoms in total. The highest BCUT2D eigenvalue weighted by atomic mass is 32.2. The van der Waals surface area contributed by atoms with Crippen LogP contribution in [0.3, 0.4) is 0 Å². The molecule has 0 aromatic rings. The lowest BCUT2D eigenvalue weighted by atomic mass is 9.78. The Labute approximate surface area is 202 Å². The molecule has 0 spiro atoms. The van der Waals surface area contributed by atoms with Crippen LogP contribution in [0.15, 0.2) is 11.8 Å². The van der Waals surface area contributed by atoms with Crippen molar-refractivity contribution in [3.05, 3.63) is 11.8 Å². The number of amides is 2. The fourth-order valence-corrected chi connectivity index (χ4v) is 7.58. The van der Waals surface area contributed by atoms with Crippen molar-refractivity contribution in [1.29, 1.82) is 0 Å². The normalized spacial score (nSPS) is 34.8. The third-order valence-corrected chi connectivity index (χ3v) is 9.14. The van der Waals surface area contributed by atoms with Crippen LogP contribution >= 0.6 is 11.8 Å². The van der Waals surface area contributed by atoms with Crippen molar-refractivity contribution < 1.29 is 34.5 Å². The molecule has 0 aliphatic carbocycles. The van der Waals surface area contributed by atoms with Gasteiger partial charge in [-0.15, -0.1) is 11.8 Å². The standard InChI is InChI=1S/C22H32N4O7S/c1-12-8-16(20(31)32)26-18(12)22(13(2)27,21(26)33)34-14-9-15(23-10-14)19(30)25-5-3-4-24(6-7-25)11-17(28)29/h8,12-15,18,23,27H,3-7,9-11H2,1-2H3,(H,28,29)(H,31,32)/t12?,13?,14?,15?,18-,22?/m0/s1. The molecule has 0 aromatic carbocycles. The Kier molecular flexibility index (Phi) is 6.96. The summed E-state index contributed by atoms with van der Waals surface area (Å²) in [5, 5.41) is 32.3. The molecule has 34 heavy (non-hydrogen) atoms. The molecule has 4 heterocycles. The second-order valence-electron chi connectivity index (χ2n) is 9.59. The van der Waals surface area contributed by atoms with Gasteiger partial charge in [0.25, 0.3) is 0 Å².